The first-order chi connectivity index (χ1) is 18.1. The number of carboxylic acid groups (broad SMARTS) is 1. The summed E-state index contributed by atoms with van der Waals surface area (Å²) in [5, 5.41) is 21.5. The summed E-state index contributed by atoms with van der Waals surface area (Å²) in [4.78, 5) is 14.1. The number of hydrogen-bond acceptors (Lipinski definition) is 6. The Balaban J connectivity index is 0.00000294. The van der Waals surface area contributed by atoms with Gasteiger partial charge in [-0.25, -0.2) is 4.79 Å². The fraction of sp³-hybridized carbons (Fsp3) is 0.258. The predicted molar refractivity (Wildman–Crippen MR) is 148 cm³/mol. The zero-order valence-corrected chi connectivity index (χ0v) is 21.2. The number of aromatic carboxylic acids is 1. The summed E-state index contributed by atoms with van der Waals surface area (Å²) >= 11 is 0. The minimum atomic E-state index is -0.992. The number of benzene rings is 4. The van der Waals surface area contributed by atoms with Crippen LogP contribution < -0.4 is 15.6 Å². The summed E-state index contributed by atoms with van der Waals surface area (Å²) in [5.74, 6) is 0.567. The van der Waals surface area contributed by atoms with Gasteiger partial charge in [-0.05, 0) is 90.3 Å². The molecule has 1 saturated heterocycles. The van der Waals surface area contributed by atoms with Crippen LogP contribution in [0.15, 0.2) is 72.8 Å². The van der Waals surface area contributed by atoms with Gasteiger partial charge in [-0.2, -0.15) is 0 Å². The molecule has 196 valence electrons. The van der Waals surface area contributed by atoms with E-state index < -0.39 is 12.1 Å². The van der Waals surface area contributed by atoms with E-state index in [9.17, 15) is 15.0 Å². The second-order valence-corrected chi connectivity index (χ2v) is 9.77. The van der Waals surface area contributed by atoms with Gasteiger partial charge in [-0.15, -0.1) is 0 Å². The molecule has 0 saturated carbocycles. The number of carbonyl (C=O) groups is 1. The van der Waals surface area contributed by atoms with E-state index in [1.165, 1.54) is 19.3 Å². The van der Waals surface area contributed by atoms with Crippen LogP contribution >= 0.6 is 0 Å². The lowest BCUT2D eigenvalue weighted by atomic mass is 9.85. The molecular weight excluding hydrogens is 480 g/mol. The average Bonchev–Trinajstić information content (AvgIpc) is 2.92. The van der Waals surface area contributed by atoms with Gasteiger partial charge in [0.1, 0.15) is 23.9 Å². The molecule has 0 aliphatic carbocycles. The van der Waals surface area contributed by atoms with Crippen LogP contribution in [0.25, 0.3) is 21.9 Å². The molecule has 1 unspecified atom stereocenters. The molecular formula is C31H32N2O5. The number of rotatable bonds is 6. The first kappa shape index (κ1) is 25.6. The van der Waals surface area contributed by atoms with Crippen LogP contribution in [-0.2, 0) is 0 Å². The Hall–Kier alpha value is -4.07. The number of likely N-dealkylation sites (tertiary alicyclic amines) is 1. The van der Waals surface area contributed by atoms with E-state index in [0.29, 0.717) is 12.4 Å². The molecule has 0 bridgehead atoms. The van der Waals surface area contributed by atoms with Gasteiger partial charge >= 0.3 is 5.97 Å². The first-order valence-electron chi connectivity index (χ1n) is 12.8. The van der Waals surface area contributed by atoms with Crippen molar-refractivity contribution in [2.24, 2.45) is 0 Å². The second kappa shape index (κ2) is 10.7. The molecule has 38 heavy (non-hydrogen) atoms. The van der Waals surface area contributed by atoms with E-state index in [1.807, 2.05) is 42.5 Å². The molecule has 0 radical (unpaired) electrons. The highest BCUT2D eigenvalue weighted by molar-refractivity contribution is 5.96. The molecule has 1 fully saturated rings. The first-order valence-corrected chi connectivity index (χ1v) is 12.8. The van der Waals surface area contributed by atoms with Gasteiger partial charge in [0.05, 0.1) is 5.56 Å². The van der Waals surface area contributed by atoms with E-state index >= 15 is 0 Å². The van der Waals surface area contributed by atoms with Gasteiger partial charge in [0.2, 0.25) is 0 Å². The van der Waals surface area contributed by atoms with Crippen molar-refractivity contribution in [1.82, 2.24) is 11.1 Å². The number of hydrogen-bond donors (Lipinski definition) is 3. The second-order valence-electron chi connectivity index (χ2n) is 9.77. The number of fused-ring (bicyclic) bond motifs is 5. The number of phenols is 1. The van der Waals surface area contributed by atoms with E-state index in [1.54, 1.807) is 30.3 Å². The molecule has 4 aromatic carbocycles. The maximum Gasteiger partial charge on any atom is 0.335 e. The van der Waals surface area contributed by atoms with Crippen molar-refractivity contribution >= 4 is 16.7 Å². The summed E-state index contributed by atoms with van der Waals surface area (Å²) in [6.07, 6.45) is 3.41. The number of ether oxygens (including phenoxy) is 2. The predicted octanol–water partition coefficient (Wildman–Crippen LogP) is 6.42. The van der Waals surface area contributed by atoms with Gasteiger partial charge in [0.25, 0.3) is 0 Å². The Morgan fingerprint density at radius 1 is 0.921 bits per heavy atom. The highest BCUT2D eigenvalue weighted by Crippen LogP contribution is 2.48. The van der Waals surface area contributed by atoms with E-state index in [-0.39, 0.29) is 17.5 Å². The van der Waals surface area contributed by atoms with Crippen molar-refractivity contribution in [1.29, 1.82) is 0 Å². The van der Waals surface area contributed by atoms with Crippen molar-refractivity contribution in [2.45, 2.75) is 25.4 Å². The monoisotopic (exact) mass is 512 g/mol. The zero-order chi connectivity index (χ0) is 25.4. The summed E-state index contributed by atoms with van der Waals surface area (Å²) in [6.45, 7) is 3.89. The highest BCUT2D eigenvalue weighted by atomic mass is 16.5. The molecule has 2 aliphatic rings. The average molecular weight is 513 g/mol. The summed E-state index contributed by atoms with van der Waals surface area (Å²) in [6, 6.07) is 22.3. The van der Waals surface area contributed by atoms with Crippen LogP contribution in [0.4, 0.5) is 0 Å². The molecule has 0 amide bonds. The summed E-state index contributed by atoms with van der Waals surface area (Å²) in [5.41, 5.74) is 3.96. The Morgan fingerprint density at radius 2 is 1.68 bits per heavy atom. The van der Waals surface area contributed by atoms with Crippen molar-refractivity contribution in [3.05, 3.63) is 89.5 Å². The fourth-order valence-corrected chi connectivity index (χ4v) is 5.47. The third-order valence-electron chi connectivity index (χ3n) is 7.38. The number of piperidine rings is 1. The summed E-state index contributed by atoms with van der Waals surface area (Å²) in [7, 11) is 0. The maximum absolute atomic E-state index is 11.6. The maximum atomic E-state index is 11.6. The molecule has 5 N–H and O–H groups in total. The quantitative estimate of drug-likeness (QED) is 0.273. The van der Waals surface area contributed by atoms with Crippen molar-refractivity contribution in [3.63, 3.8) is 0 Å². The summed E-state index contributed by atoms with van der Waals surface area (Å²) < 4.78 is 12.5. The molecule has 7 nitrogen and oxygen atoms in total. The van der Waals surface area contributed by atoms with E-state index in [4.69, 9.17) is 9.47 Å². The lowest BCUT2D eigenvalue weighted by Crippen LogP contribution is -2.33. The molecule has 4 aromatic rings. The number of nitrogens with zero attached hydrogens (tertiary/aromatic N) is 1. The van der Waals surface area contributed by atoms with Crippen LogP contribution in [0.3, 0.4) is 0 Å². The van der Waals surface area contributed by atoms with Gasteiger partial charge in [0, 0.05) is 17.7 Å². The minimum absolute atomic E-state index is 0. The third-order valence-corrected chi connectivity index (χ3v) is 7.38. The lowest BCUT2D eigenvalue weighted by Gasteiger charge is -2.31. The molecule has 2 aliphatic heterocycles. The molecule has 0 spiro atoms. The number of carboxylic acids is 1. The third kappa shape index (κ3) is 4.90. The number of phenolic OH excluding ortho intramolecular Hbond substituents is 1. The van der Waals surface area contributed by atoms with Crippen LogP contribution in [0, 0.1) is 0 Å². The van der Waals surface area contributed by atoms with Crippen LogP contribution in [0.5, 0.6) is 17.2 Å². The molecule has 1 atom stereocenters. The topological polar surface area (TPSA) is 114 Å². The zero-order valence-electron chi connectivity index (χ0n) is 21.2. The standard InChI is InChI=1S/C31H29NO5.H3N/c33-23-8-13-25-21(18-23)6-12-27-26-11-7-22(31(34)35)19-28(26)37-30(29(25)27)20-4-9-24(10-5-20)36-17-16-32-14-2-1-3-15-32;/h4-13,18-19,30,33H,1-3,14-17H2,(H,34,35);1H3. The largest absolute Gasteiger partial charge is 0.508 e. The van der Waals surface area contributed by atoms with E-state index in [2.05, 4.69) is 4.90 Å². The van der Waals surface area contributed by atoms with Crippen LogP contribution in [0.1, 0.15) is 46.9 Å². The van der Waals surface area contributed by atoms with Crippen molar-refractivity contribution in [3.8, 4) is 28.4 Å². The smallest absolute Gasteiger partial charge is 0.335 e. The Bertz CT molecular complexity index is 1460. The fourth-order valence-electron chi connectivity index (χ4n) is 5.47. The molecule has 2 heterocycles. The van der Waals surface area contributed by atoms with Crippen molar-refractivity contribution in [2.75, 3.05) is 26.2 Å². The molecule has 6 rings (SSSR count). The Morgan fingerprint density at radius 3 is 2.45 bits per heavy atom. The normalized spacial score (nSPS) is 16.6. The van der Waals surface area contributed by atoms with Gasteiger partial charge < -0.3 is 25.8 Å². The van der Waals surface area contributed by atoms with E-state index in [0.717, 1.165) is 58.4 Å². The SMILES string of the molecule is N.O=C(O)c1ccc2c(c1)OC(c1ccc(OCCN3CCCCC3)cc1)c1c-2ccc2cc(O)ccc12. The minimum Gasteiger partial charge on any atom is -0.508 e. The van der Waals surface area contributed by atoms with Gasteiger partial charge in [-0.3, -0.25) is 4.90 Å². The lowest BCUT2D eigenvalue weighted by molar-refractivity contribution is 0.0696. The van der Waals surface area contributed by atoms with Gasteiger partial charge in [-0.1, -0.05) is 36.8 Å². The highest BCUT2D eigenvalue weighted by Gasteiger charge is 2.30. The molecule has 7 heteroatoms. The Labute approximate surface area is 221 Å². The van der Waals surface area contributed by atoms with Crippen molar-refractivity contribution < 1.29 is 24.5 Å². The number of aromatic hydroxyl groups is 1. The molecule has 0 aromatic heterocycles. The Kier molecular flexibility index (Phi) is 7.22. The van der Waals surface area contributed by atoms with Crippen LogP contribution in [0.2, 0.25) is 0 Å². The van der Waals surface area contributed by atoms with Gasteiger partial charge in [0.15, 0.2) is 6.10 Å². The van der Waals surface area contributed by atoms with Crippen LogP contribution in [-0.4, -0.2) is 47.3 Å².